The topological polar surface area (TPSA) is 9.23 Å². The first-order valence-corrected chi connectivity index (χ1v) is 6.92. The highest BCUT2D eigenvalue weighted by Crippen LogP contribution is 2.35. The number of halogens is 2. The van der Waals surface area contributed by atoms with E-state index in [-0.39, 0.29) is 11.3 Å². The standard InChI is InChI=1S/C18H20F2O/c1-13-6-9-16(10-7-13)21-18(19,20)15-8-5-14(2)11-17(3,4)12-15/h5-12H,1-4H3. The molecule has 1 aromatic carbocycles. The molecule has 0 amide bonds. The normalized spacial score (nSPS) is 17.8. The molecule has 0 saturated carbocycles. The van der Waals surface area contributed by atoms with Gasteiger partial charge in [-0.3, -0.25) is 0 Å². The van der Waals surface area contributed by atoms with Gasteiger partial charge in [0.05, 0.1) is 5.57 Å². The van der Waals surface area contributed by atoms with E-state index < -0.39 is 11.5 Å². The molecule has 3 heteroatoms. The zero-order chi connectivity index (χ0) is 15.7. The Bertz CT molecular complexity index is 605. The second-order valence-corrected chi connectivity index (χ2v) is 6.07. The van der Waals surface area contributed by atoms with Crippen LogP contribution < -0.4 is 4.74 Å². The van der Waals surface area contributed by atoms with E-state index in [1.165, 1.54) is 6.08 Å². The van der Waals surface area contributed by atoms with E-state index >= 15 is 0 Å². The summed E-state index contributed by atoms with van der Waals surface area (Å²) in [4.78, 5) is 0. The second kappa shape index (κ2) is 5.47. The Morgan fingerprint density at radius 3 is 2.19 bits per heavy atom. The number of aryl methyl sites for hydroxylation is 1. The molecule has 0 unspecified atom stereocenters. The third-order valence-electron chi connectivity index (χ3n) is 3.26. The summed E-state index contributed by atoms with van der Waals surface area (Å²) in [7, 11) is 0. The van der Waals surface area contributed by atoms with Crippen molar-refractivity contribution in [1.82, 2.24) is 0 Å². The molecule has 21 heavy (non-hydrogen) atoms. The van der Waals surface area contributed by atoms with E-state index in [4.69, 9.17) is 4.74 Å². The fourth-order valence-corrected chi connectivity index (χ4v) is 2.34. The average Bonchev–Trinajstić information content (AvgIpc) is 2.50. The van der Waals surface area contributed by atoms with Crippen molar-refractivity contribution in [1.29, 1.82) is 0 Å². The van der Waals surface area contributed by atoms with Crippen molar-refractivity contribution in [2.24, 2.45) is 5.41 Å². The van der Waals surface area contributed by atoms with Crippen molar-refractivity contribution in [3.63, 3.8) is 0 Å². The van der Waals surface area contributed by atoms with Gasteiger partial charge in [0.2, 0.25) is 0 Å². The van der Waals surface area contributed by atoms with Crippen molar-refractivity contribution in [3.8, 4) is 5.75 Å². The number of allylic oxidation sites excluding steroid dienone is 4. The van der Waals surface area contributed by atoms with Gasteiger partial charge >= 0.3 is 6.11 Å². The minimum atomic E-state index is -3.36. The van der Waals surface area contributed by atoms with Crippen molar-refractivity contribution in [2.45, 2.75) is 33.8 Å². The predicted octanol–water partition coefficient (Wildman–Crippen LogP) is 5.44. The van der Waals surface area contributed by atoms with Crippen LogP contribution in [0.4, 0.5) is 8.78 Å². The number of benzene rings is 1. The van der Waals surface area contributed by atoms with E-state index in [9.17, 15) is 8.78 Å². The first-order valence-electron chi connectivity index (χ1n) is 6.92. The summed E-state index contributed by atoms with van der Waals surface area (Å²) >= 11 is 0. The van der Waals surface area contributed by atoms with Crippen LogP contribution in [0.3, 0.4) is 0 Å². The summed E-state index contributed by atoms with van der Waals surface area (Å²) in [6.45, 7) is 7.58. The van der Waals surface area contributed by atoms with Gasteiger partial charge in [-0.2, -0.15) is 8.78 Å². The van der Waals surface area contributed by atoms with Crippen LogP contribution in [-0.2, 0) is 0 Å². The van der Waals surface area contributed by atoms with Crippen LogP contribution in [0.25, 0.3) is 0 Å². The fraction of sp³-hybridized carbons (Fsp3) is 0.333. The molecule has 0 fully saturated rings. The van der Waals surface area contributed by atoms with E-state index in [0.717, 1.165) is 11.1 Å². The summed E-state index contributed by atoms with van der Waals surface area (Å²) in [6.07, 6.45) is 3.26. The van der Waals surface area contributed by atoms with Crippen LogP contribution >= 0.6 is 0 Å². The van der Waals surface area contributed by atoms with Crippen LogP contribution in [0.1, 0.15) is 26.3 Å². The number of hydrogen-bond donors (Lipinski definition) is 0. The minimum Gasteiger partial charge on any atom is -0.429 e. The SMILES string of the molecule is CC1=CC(C)(C)C=C(C(F)(F)Oc2ccc(C)cc2)C=C1. The predicted molar refractivity (Wildman–Crippen MR) is 81.5 cm³/mol. The zero-order valence-electron chi connectivity index (χ0n) is 12.8. The maximum atomic E-state index is 14.4. The number of hydrogen-bond acceptors (Lipinski definition) is 1. The molecule has 0 N–H and O–H groups in total. The Kier molecular flexibility index (Phi) is 4.04. The Labute approximate surface area is 124 Å². The van der Waals surface area contributed by atoms with E-state index in [1.807, 2.05) is 33.8 Å². The molecule has 1 nitrogen and oxygen atoms in total. The maximum Gasteiger partial charge on any atom is 0.426 e. The molecule has 0 saturated heterocycles. The molecule has 2 rings (SSSR count). The van der Waals surface area contributed by atoms with Crippen LogP contribution in [0.5, 0.6) is 5.75 Å². The summed E-state index contributed by atoms with van der Waals surface area (Å²) in [5.74, 6) is 0.159. The van der Waals surface area contributed by atoms with Gasteiger partial charge in [0, 0.05) is 5.41 Å². The molecule has 0 aliphatic heterocycles. The molecule has 0 aromatic heterocycles. The first kappa shape index (κ1) is 15.5. The van der Waals surface area contributed by atoms with E-state index in [0.29, 0.717) is 0 Å². The Hall–Kier alpha value is -1.90. The van der Waals surface area contributed by atoms with Crippen LogP contribution in [0.15, 0.2) is 59.7 Å². The first-order chi connectivity index (χ1) is 9.68. The molecule has 0 heterocycles. The van der Waals surface area contributed by atoms with E-state index in [1.54, 1.807) is 36.4 Å². The van der Waals surface area contributed by atoms with Gasteiger partial charge in [0.25, 0.3) is 0 Å². The lowest BCUT2D eigenvalue weighted by atomic mass is 9.90. The monoisotopic (exact) mass is 290 g/mol. The molecular formula is C18H20F2O. The highest BCUT2D eigenvalue weighted by Gasteiger charge is 2.37. The lowest BCUT2D eigenvalue weighted by Crippen LogP contribution is -2.27. The zero-order valence-corrected chi connectivity index (χ0v) is 12.8. The molecular weight excluding hydrogens is 270 g/mol. The molecule has 112 valence electrons. The molecule has 0 radical (unpaired) electrons. The lowest BCUT2D eigenvalue weighted by Gasteiger charge is -2.22. The second-order valence-electron chi connectivity index (χ2n) is 6.07. The molecule has 1 aromatic rings. The van der Waals surface area contributed by atoms with Crippen molar-refractivity contribution in [3.05, 3.63) is 65.3 Å². The van der Waals surface area contributed by atoms with Gasteiger partial charge in [-0.25, -0.2) is 0 Å². The largest absolute Gasteiger partial charge is 0.429 e. The smallest absolute Gasteiger partial charge is 0.426 e. The van der Waals surface area contributed by atoms with Gasteiger partial charge in [-0.05, 0) is 32.1 Å². The van der Waals surface area contributed by atoms with E-state index in [2.05, 4.69) is 0 Å². The van der Waals surface area contributed by atoms with Crippen LogP contribution in [-0.4, -0.2) is 6.11 Å². The number of rotatable bonds is 3. The third kappa shape index (κ3) is 4.03. The average molecular weight is 290 g/mol. The van der Waals surface area contributed by atoms with Crippen LogP contribution in [0.2, 0.25) is 0 Å². The molecule has 0 bridgehead atoms. The maximum absolute atomic E-state index is 14.4. The Morgan fingerprint density at radius 1 is 0.952 bits per heavy atom. The molecule has 1 aliphatic carbocycles. The summed E-state index contributed by atoms with van der Waals surface area (Å²) < 4.78 is 33.7. The lowest BCUT2D eigenvalue weighted by molar-refractivity contribution is -0.139. The Balaban J connectivity index is 2.28. The third-order valence-corrected chi connectivity index (χ3v) is 3.26. The van der Waals surface area contributed by atoms with Gasteiger partial charge in [0.15, 0.2) is 0 Å². The Morgan fingerprint density at radius 2 is 1.57 bits per heavy atom. The summed E-state index contributed by atoms with van der Waals surface area (Å²) in [6, 6.07) is 6.61. The van der Waals surface area contributed by atoms with Crippen molar-refractivity contribution >= 4 is 0 Å². The highest BCUT2D eigenvalue weighted by molar-refractivity contribution is 5.38. The quantitative estimate of drug-likeness (QED) is 0.720. The highest BCUT2D eigenvalue weighted by atomic mass is 19.3. The molecule has 0 spiro atoms. The summed E-state index contributed by atoms with van der Waals surface area (Å²) in [5, 5.41) is 0. The van der Waals surface area contributed by atoms with Gasteiger partial charge in [0.1, 0.15) is 5.75 Å². The van der Waals surface area contributed by atoms with Gasteiger partial charge in [-0.1, -0.05) is 55.3 Å². The minimum absolute atomic E-state index is 0.124. The van der Waals surface area contributed by atoms with Crippen molar-refractivity contribution < 1.29 is 13.5 Å². The number of ether oxygens (including phenoxy) is 1. The van der Waals surface area contributed by atoms with Crippen molar-refractivity contribution in [2.75, 3.05) is 0 Å². The molecule has 0 atom stereocenters. The number of alkyl halides is 2. The van der Waals surface area contributed by atoms with Crippen LogP contribution in [0, 0.1) is 12.3 Å². The van der Waals surface area contributed by atoms with Gasteiger partial charge in [-0.15, -0.1) is 0 Å². The molecule has 1 aliphatic rings. The summed E-state index contributed by atoms with van der Waals surface area (Å²) in [5.41, 5.74) is 1.39. The van der Waals surface area contributed by atoms with Gasteiger partial charge < -0.3 is 4.74 Å². The fourth-order valence-electron chi connectivity index (χ4n) is 2.34.